The highest BCUT2D eigenvalue weighted by molar-refractivity contribution is 5.32. The highest BCUT2D eigenvalue weighted by Crippen LogP contribution is 2.24. The van der Waals surface area contributed by atoms with Gasteiger partial charge in [0, 0.05) is 0 Å². The molecule has 3 heteroatoms. The molecular weight excluding hydrogens is 226 g/mol. The highest BCUT2D eigenvalue weighted by Gasteiger charge is 2.14. The lowest BCUT2D eigenvalue weighted by Gasteiger charge is -2.14. The van der Waals surface area contributed by atoms with Crippen LogP contribution in [0.5, 0.6) is 5.75 Å². The lowest BCUT2D eigenvalue weighted by Crippen LogP contribution is -2.16. The van der Waals surface area contributed by atoms with Gasteiger partial charge in [0.05, 0.1) is 18.9 Å². The van der Waals surface area contributed by atoms with Gasteiger partial charge in [-0.05, 0) is 43.3 Å². The van der Waals surface area contributed by atoms with E-state index in [9.17, 15) is 0 Å². The maximum absolute atomic E-state index is 5.57. The summed E-state index contributed by atoms with van der Waals surface area (Å²) in [5.41, 5.74) is 1.16. The van der Waals surface area contributed by atoms with Crippen molar-refractivity contribution in [3.63, 3.8) is 0 Å². The van der Waals surface area contributed by atoms with Crippen molar-refractivity contribution in [3.8, 4) is 5.75 Å². The van der Waals surface area contributed by atoms with Crippen molar-refractivity contribution in [2.45, 2.75) is 19.4 Å². The first-order valence-corrected chi connectivity index (χ1v) is 6.28. The molecule has 0 aliphatic carbocycles. The van der Waals surface area contributed by atoms with Gasteiger partial charge in [-0.2, -0.15) is 0 Å². The second-order valence-electron chi connectivity index (χ2n) is 4.15. The summed E-state index contributed by atoms with van der Waals surface area (Å²) in [4.78, 5) is 0. The van der Waals surface area contributed by atoms with Crippen LogP contribution >= 0.6 is 0 Å². The molecule has 0 spiro atoms. The van der Waals surface area contributed by atoms with Crippen molar-refractivity contribution in [3.05, 3.63) is 54.0 Å². The number of hydrogen-bond acceptors (Lipinski definition) is 3. The van der Waals surface area contributed by atoms with E-state index in [1.807, 2.05) is 31.3 Å². The molecule has 1 aromatic heterocycles. The average molecular weight is 245 g/mol. The summed E-state index contributed by atoms with van der Waals surface area (Å²) in [7, 11) is 1.93. The van der Waals surface area contributed by atoms with Crippen LogP contribution in [0.3, 0.4) is 0 Å². The third-order valence-electron chi connectivity index (χ3n) is 2.80. The molecule has 2 rings (SSSR count). The van der Waals surface area contributed by atoms with Gasteiger partial charge in [0.25, 0.3) is 0 Å². The molecule has 0 amide bonds. The average Bonchev–Trinajstić information content (AvgIpc) is 2.93. The summed E-state index contributed by atoms with van der Waals surface area (Å²) < 4.78 is 11.0. The first-order valence-electron chi connectivity index (χ1n) is 6.28. The molecule has 0 fully saturated rings. The molecule has 1 atom stereocenters. The molecule has 1 heterocycles. The Labute approximate surface area is 108 Å². The van der Waals surface area contributed by atoms with Crippen molar-refractivity contribution in [1.82, 2.24) is 5.32 Å². The van der Waals surface area contributed by atoms with E-state index in [4.69, 9.17) is 9.15 Å². The molecule has 96 valence electrons. The fourth-order valence-corrected chi connectivity index (χ4v) is 1.91. The third-order valence-corrected chi connectivity index (χ3v) is 2.80. The Bertz CT molecular complexity index is 448. The van der Waals surface area contributed by atoms with Crippen LogP contribution in [0, 0.1) is 0 Å². The second kappa shape index (κ2) is 6.26. The molecule has 0 radical (unpaired) electrons. The first-order chi connectivity index (χ1) is 8.85. The topological polar surface area (TPSA) is 34.4 Å². The smallest absolute Gasteiger partial charge is 0.125 e. The lowest BCUT2D eigenvalue weighted by atomic mass is 10.0. The van der Waals surface area contributed by atoms with Crippen molar-refractivity contribution in [1.29, 1.82) is 0 Å². The number of furan rings is 1. The molecule has 1 aromatic carbocycles. The van der Waals surface area contributed by atoms with Crippen molar-refractivity contribution >= 4 is 0 Å². The number of rotatable bonds is 6. The molecule has 0 aliphatic heterocycles. The molecule has 18 heavy (non-hydrogen) atoms. The highest BCUT2D eigenvalue weighted by atomic mass is 16.5. The molecule has 0 saturated carbocycles. The molecule has 2 aromatic rings. The van der Waals surface area contributed by atoms with Crippen LogP contribution in [0.15, 0.2) is 47.1 Å². The zero-order valence-corrected chi connectivity index (χ0v) is 10.8. The number of ether oxygens (including phenoxy) is 1. The van der Waals surface area contributed by atoms with Crippen molar-refractivity contribution in [2.75, 3.05) is 13.7 Å². The van der Waals surface area contributed by atoms with Crippen LogP contribution in [-0.2, 0) is 0 Å². The van der Waals surface area contributed by atoms with E-state index in [0.717, 1.165) is 30.1 Å². The standard InChI is InChI=1S/C15H19NO2/c1-3-10-17-13-8-6-12(7-9-13)15(16-2)14-5-4-11-18-14/h4-9,11,15-16H,3,10H2,1-2H3. The maximum atomic E-state index is 5.57. The molecule has 0 bridgehead atoms. The van der Waals surface area contributed by atoms with E-state index >= 15 is 0 Å². The van der Waals surface area contributed by atoms with Gasteiger partial charge >= 0.3 is 0 Å². The Morgan fingerprint density at radius 2 is 2.00 bits per heavy atom. The minimum atomic E-state index is 0.0835. The first kappa shape index (κ1) is 12.7. The van der Waals surface area contributed by atoms with Gasteiger partial charge in [0.2, 0.25) is 0 Å². The SMILES string of the molecule is CCCOc1ccc(C(NC)c2ccco2)cc1. The minimum absolute atomic E-state index is 0.0835. The van der Waals surface area contributed by atoms with Gasteiger partial charge in [-0.25, -0.2) is 0 Å². The maximum Gasteiger partial charge on any atom is 0.125 e. The van der Waals surface area contributed by atoms with Crippen LogP contribution in [-0.4, -0.2) is 13.7 Å². The van der Waals surface area contributed by atoms with E-state index in [-0.39, 0.29) is 6.04 Å². The Hall–Kier alpha value is -1.74. The van der Waals surface area contributed by atoms with Crippen molar-refractivity contribution in [2.24, 2.45) is 0 Å². The zero-order chi connectivity index (χ0) is 12.8. The van der Waals surface area contributed by atoms with Crippen LogP contribution in [0.1, 0.15) is 30.7 Å². The zero-order valence-electron chi connectivity index (χ0n) is 10.8. The molecule has 1 N–H and O–H groups in total. The van der Waals surface area contributed by atoms with E-state index < -0.39 is 0 Å². The predicted octanol–water partition coefficient (Wildman–Crippen LogP) is 3.38. The molecule has 1 unspecified atom stereocenters. The van der Waals surface area contributed by atoms with Crippen LogP contribution in [0.4, 0.5) is 0 Å². The Kier molecular flexibility index (Phi) is 4.42. The second-order valence-corrected chi connectivity index (χ2v) is 4.15. The molecule has 3 nitrogen and oxygen atoms in total. The lowest BCUT2D eigenvalue weighted by molar-refractivity contribution is 0.317. The van der Waals surface area contributed by atoms with E-state index in [0.29, 0.717) is 0 Å². The van der Waals surface area contributed by atoms with Crippen molar-refractivity contribution < 1.29 is 9.15 Å². The normalized spacial score (nSPS) is 12.3. The summed E-state index contributed by atoms with van der Waals surface area (Å²) in [6.45, 7) is 2.86. The van der Waals surface area contributed by atoms with Gasteiger partial charge < -0.3 is 14.5 Å². The largest absolute Gasteiger partial charge is 0.494 e. The van der Waals surface area contributed by atoms with Gasteiger partial charge in [0.15, 0.2) is 0 Å². The van der Waals surface area contributed by atoms with E-state index in [1.54, 1.807) is 6.26 Å². The Morgan fingerprint density at radius 3 is 2.56 bits per heavy atom. The summed E-state index contributed by atoms with van der Waals surface area (Å²) in [6.07, 6.45) is 2.71. The Balaban J connectivity index is 2.12. The summed E-state index contributed by atoms with van der Waals surface area (Å²) in [5.74, 6) is 1.83. The van der Waals surface area contributed by atoms with Crippen LogP contribution in [0.2, 0.25) is 0 Å². The van der Waals surface area contributed by atoms with Crippen LogP contribution < -0.4 is 10.1 Å². The monoisotopic (exact) mass is 245 g/mol. The van der Waals surface area contributed by atoms with E-state index in [2.05, 4.69) is 24.4 Å². The van der Waals surface area contributed by atoms with Gasteiger partial charge in [0.1, 0.15) is 11.5 Å². The third kappa shape index (κ3) is 2.93. The summed E-state index contributed by atoms with van der Waals surface area (Å²) in [5, 5.41) is 3.25. The summed E-state index contributed by atoms with van der Waals surface area (Å²) in [6, 6.07) is 12.1. The van der Waals surface area contributed by atoms with Gasteiger partial charge in [-0.3, -0.25) is 0 Å². The Morgan fingerprint density at radius 1 is 1.22 bits per heavy atom. The predicted molar refractivity (Wildman–Crippen MR) is 71.8 cm³/mol. The molecule has 0 aliphatic rings. The van der Waals surface area contributed by atoms with Gasteiger partial charge in [-0.15, -0.1) is 0 Å². The molecule has 0 saturated heterocycles. The van der Waals surface area contributed by atoms with Gasteiger partial charge in [-0.1, -0.05) is 19.1 Å². The van der Waals surface area contributed by atoms with Crippen LogP contribution in [0.25, 0.3) is 0 Å². The fourth-order valence-electron chi connectivity index (χ4n) is 1.91. The van der Waals surface area contributed by atoms with E-state index in [1.165, 1.54) is 0 Å². The minimum Gasteiger partial charge on any atom is -0.494 e. The fraction of sp³-hybridized carbons (Fsp3) is 0.333. The number of benzene rings is 1. The molecular formula is C15H19NO2. The summed E-state index contributed by atoms with van der Waals surface area (Å²) >= 11 is 0. The quantitative estimate of drug-likeness (QED) is 0.847. The number of nitrogens with one attached hydrogen (secondary N) is 1. The number of hydrogen-bond donors (Lipinski definition) is 1.